The summed E-state index contributed by atoms with van der Waals surface area (Å²) in [6, 6.07) is 6.90. The fraction of sp³-hybridized carbons (Fsp3) is 0.536. The molecule has 2 saturated heterocycles. The lowest BCUT2D eigenvalue weighted by Crippen LogP contribution is -2.61. The van der Waals surface area contributed by atoms with Crippen molar-refractivity contribution in [3.63, 3.8) is 0 Å². The Labute approximate surface area is 245 Å². The number of aromatic hydroxyl groups is 2. The summed E-state index contributed by atoms with van der Waals surface area (Å²) in [4.78, 5) is 12.9. The Balaban J connectivity index is 1.30. The van der Waals surface area contributed by atoms with Crippen molar-refractivity contribution < 1.29 is 74.1 Å². The van der Waals surface area contributed by atoms with Gasteiger partial charge >= 0.3 is 0 Å². The summed E-state index contributed by atoms with van der Waals surface area (Å²) in [6.07, 6.45) is -15.9. The first-order valence-electron chi connectivity index (χ1n) is 13.5. The molecule has 15 nitrogen and oxygen atoms in total. The van der Waals surface area contributed by atoms with Crippen LogP contribution in [0.2, 0.25) is 0 Å². The maximum atomic E-state index is 12.9. The Bertz CT molecular complexity index is 1320. The summed E-state index contributed by atoms with van der Waals surface area (Å²) >= 11 is 0. The Kier molecular flexibility index (Phi) is 8.99. The fourth-order valence-electron chi connectivity index (χ4n) is 5.20. The minimum atomic E-state index is -1.77. The van der Waals surface area contributed by atoms with E-state index in [-0.39, 0.29) is 35.0 Å². The van der Waals surface area contributed by atoms with E-state index in [4.69, 9.17) is 28.4 Å². The fourth-order valence-corrected chi connectivity index (χ4v) is 5.20. The number of ketones is 1. The lowest BCUT2D eigenvalue weighted by Gasteiger charge is -2.42. The Morgan fingerprint density at radius 1 is 0.837 bits per heavy atom. The standard InChI is InChI=1S/C28H34O15/c1-10-21(32)23(34)25(36)27(40-10)39-9-19-22(33)24(35)26(37)28(43-19)41-12-6-14(30)20-15(31)8-17(42-18(20)7-12)11-3-4-16(38-2)13(29)5-11/h3-7,10,17,19,21-30,32-37H,8-9H2,1-2H3/t10-,17?,19?,21-,22+,23?,24-,25?,26?,27+,28+/m0/s1. The summed E-state index contributed by atoms with van der Waals surface area (Å²) in [6.45, 7) is 0.964. The van der Waals surface area contributed by atoms with E-state index in [0.717, 1.165) is 6.07 Å². The molecule has 0 spiro atoms. The molecule has 2 aromatic carbocycles. The predicted octanol–water partition coefficient (Wildman–Crippen LogP) is -1.16. The number of aliphatic hydroxyl groups is 6. The lowest BCUT2D eigenvalue weighted by molar-refractivity contribution is -0.318. The molecule has 0 saturated carbocycles. The lowest BCUT2D eigenvalue weighted by atomic mass is 9.95. The van der Waals surface area contributed by atoms with Crippen molar-refractivity contribution in [2.45, 2.75) is 80.9 Å². The molecule has 11 atom stereocenters. The number of rotatable bonds is 7. The van der Waals surface area contributed by atoms with Gasteiger partial charge in [-0.3, -0.25) is 4.79 Å². The molecule has 5 rings (SSSR count). The minimum absolute atomic E-state index is 0.0457. The van der Waals surface area contributed by atoms with E-state index in [9.17, 15) is 45.6 Å². The van der Waals surface area contributed by atoms with Crippen LogP contribution >= 0.6 is 0 Å². The quantitative estimate of drug-likeness (QED) is 0.185. The van der Waals surface area contributed by atoms with Gasteiger partial charge in [-0.15, -0.1) is 0 Å². The van der Waals surface area contributed by atoms with Gasteiger partial charge in [-0.05, 0) is 24.6 Å². The van der Waals surface area contributed by atoms with Gasteiger partial charge in [-0.2, -0.15) is 0 Å². The first-order valence-corrected chi connectivity index (χ1v) is 13.5. The number of phenolic OH excluding ortho intramolecular Hbond substituents is 2. The molecule has 8 N–H and O–H groups in total. The molecule has 5 unspecified atom stereocenters. The van der Waals surface area contributed by atoms with Crippen LogP contribution in [0.25, 0.3) is 0 Å². The molecule has 0 bridgehead atoms. The number of benzene rings is 2. The van der Waals surface area contributed by atoms with Crippen molar-refractivity contribution in [3.8, 4) is 28.7 Å². The molecule has 236 valence electrons. The van der Waals surface area contributed by atoms with Crippen LogP contribution < -0.4 is 14.2 Å². The molecule has 15 heteroatoms. The zero-order chi connectivity index (χ0) is 31.2. The normalized spacial score (nSPS) is 36.0. The molecular weight excluding hydrogens is 576 g/mol. The van der Waals surface area contributed by atoms with Crippen LogP contribution in [-0.4, -0.2) is 122 Å². The number of aliphatic hydroxyl groups excluding tert-OH is 6. The first kappa shape index (κ1) is 31.2. The molecule has 0 aliphatic carbocycles. The maximum Gasteiger partial charge on any atom is 0.229 e. The van der Waals surface area contributed by atoms with Crippen molar-refractivity contribution >= 4 is 5.78 Å². The molecule has 3 heterocycles. The molecule has 43 heavy (non-hydrogen) atoms. The molecule has 0 amide bonds. The maximum absolute atomic E-state index is 12.9. The largest absolute Gasteiger partial charge is 0.507 e. The van der Waals surface area contributed by atoms with Crippen molar-refractivity contribution in [3.05, 3.63) is 41.5 Å². The number of ether oxygens (including phenoxy) is 6. The van der Waals surface area contributed by atoms with Gasteiger partial charge in [0.05, 0.1) is 26.2 Å². The third kappa shape index (κ3) is 6.08. The third-order valence-corrected chi connectivity index (χ3v) is 7.70. The SMILES string of the molecule is COc1ccc(C2CC(=O)c3c(O)cc(O[C@@H]4OC(CO[C@@H]5O[C@@H](C)[C@H](O)C(O)C5O)[C@@H](O)[C@H](O)C4O)cc3O2)cc1O. The Morgan fingerprint density at radius 3 is 2.23 bits per heavy atom. The number of fused-ring (bicyclic) bond motifs is 1. The van der Waals surface area contributed by atoms with Crippen molar-refractivity contribution in [1.82, 2.24) is 0 Å². The Morgan fingerprint density at radius 2 is 1.53 bits per heavy atom. The zero-order valence-corrected chi connectivity index (χ0v) is 23.1. The second kappa shape index (κ2) is 12.4. The van der Waals surface area contributed by atoms with Crippen LogP contribution in [0.5, 0.6) is 28.7 Å². The third-order valence-electron chi connectivity index (χ3n) is 7.70. The highest BCUT2D eigenvalue weighted by atomic mass is 16.7. The van der Waals surface area contributed by atoms with E-state index in [1.54, 1.807) is 6.07 Å². The predicted molar refractivity (Wildman–Crippen MR) is 141 cm³/mol. The van der Waals surface area contributed by atoms with Gasteiger partial charge in [-0.25, -0.2) is 0 Å². The number of phenols is 2. The zero-order valence-electron chi connectivity index (χ0n) is 23.1. The monoisotopic (exact) mass is 610 g/mol. The van der Waals surface area contributed by atoms with Gasteiger partial charge in [0.15, 0.2) is 23.6 Å². The van der Waals surface area contributed by atoms with Crippen LogP contribution in [0.3, 0.4) is 0 Å². The average molecular weight is 611 g/mol. The topological polar surface area (TPSA) is 234 Å². The smallest absolute Gasteiger partial charge is 0.229 e. The highest BCUT2D eigenvalue weighted by Gasteiger charge is 2.47. The molecule has 0 radical (unpaired) electrons. The van der Waals surface area contributed by atoms with Crippen LogP contribution in [-0.2, 0) is 14.2 Å². The van der Waals surface area contributed by atoms with Gasteiger partial charge < -0.3 is 69.3 Å². The number of carbonyl (C=O) groups excluding carboxylic acids is 1. The van der Waals surface area contributed by atoms with E-state index in [1.165, 1.54) is 32.2 Å². The molecule has 3 aliphatic heterocycles. The number of Topliss-reactive ketones (excluding diaryl/α,β-unsaturated/α-hetero) is 1. The molecule has 2 fully saturated rings. The van der Waals surface area contributed by atoms with E-state index < -0.39 is 85.7 Å². The van der Waals surface area contributed by atoms with Crippen LogP contribution in [0.15, 0.2) is 30.3 Å². The van der Waals surface area contributed by atoms with Crippen molar-refractivity contribution in [2.24, 2.45) is 0 Å². The minimum Gasteiger partial charge on any atom is -0.507 e. The van der Waals surface area contributed by atoms with E-state index in [1.807, 2.05) is 0 Å². The Hall–Kier alpha value is -3.25. The summed E-state index contributed by atoms with van der Waals surface area (Å²) in [5, 5.41) is 82.2. The van der Waals surface area contributed by atoms with Crippen LogP contribution in [0, 0.1) is 0 Å². The number of hydrogen-bond acceptors (Lipinski definition) is 15. The average Bonchev–Trinajstić information content (AvgIpc) is 2.97. The number of methoxy groups -OCH3 is 1. The van der Waals surface area contributed by atoms with Crippen LogP contribution in [0.1, 0.15) is 35.4 Å². The van der Waals surface area contributed by atoms with Gasteiger partial charge in [0, 0.05) is 12.1 Å². The molecule has 0 aromatic heterocycles. The second-order valence-electron chi connectivity index (χ2n) is 10.6. The summed E-state index contributed by atoms with van der Waals surface area (Å²) in [5.74, 6) is -0.999. The highest BCUT2D eigenvalue weighted by molar-refractivity contribution is 6.02. The van der Waals surface area contributed by atoms with E-state index >= 15 is 0 Å². The summed E-state index contributed by atoms with van der Waals surface area (Å²) < 4.78 is 33.1. The first-order chi connectivity index (χ1) is 20.4. The van der Waals surface area contributed by atoms with Gasteiger partial charge in [-0.1, -0.05) is 6.07 Å². The summed E-state index contributed by atoms with van der Waals surface area (Å²) in [5.41, 5.74) is 0.373. The van der Waals surface area contributed by atoms with Crippen molar-refractivity contribution in [1.29, 1.82) is 0 Å². The van der Waals surface area contributed by atoms with E-state index in [2.05, 4.69) is 0 Å². The van der Waals surface area contributed by atoms with Gasteiger partial charge in [0.2, 0.25) is 6.29 Å². The van der Waals surface area contributed by atoms with E-state index in [0.29, 0.717) is 5.56 Å². The van der Waals surface area contributed by atoms with Crippen LogP contribution in [0.4, 0.5) is 0 Å². The molecular formula is C28H34O15. The summed E-state index contributed by atoms with van der Waals surface area (Å²) in [7, 11) is 1.39. The van der Waals surface area contributed by atoms with Gasteiger partial charge in [0.1, 0.15) is 71.6 Å². The highest BCUT2D eigenvalue weighted by Crippen LogP contribution is 2.43. The second-order valence-corrected chi connectivity index (χ2v) is 10.6. The molecule has 3 aliphatic rings. The molecule has 2 aromatic rings. The van der Waals surface area contributed by atoms with Crippen molar-refractivity contribution in [2.75, 3.05) is 13.7 Å². The number of hydrogen-bond donors (Lipinski definition) is 8. The number of carbonyl (C=O) groups is 1. The van der Waals surface area contributed by atoms with Gasteiger partial charge in [0.25, 0.3) is 0 Å².